The van der Waals surface area contributed by atoms with Gasteiger partial charge in [0.25, 0.3) is 0 Å². The highest BCUT2D eigenvalue weighted by Gasteiger charge is 2.19. The molecule has 1 aliphatic rings. The van der Waals surface area contributed by atoms with Crippen LogP contribution in [0.15, 0.2) is 0 Å². The molecule has 3 heteroatoms. The number of hydrogen-bond acceptors (Lipinski definition) is 1. The standard InChI is InChI=1S/C8H14BrNO/c1-7(9)8(11)10-5-3-2-4-6-10/h7H,2-6H2,1H3/t7-/m1/s1. The summed E-state index contributed by atoms with van der Waals surface area (Å²) in [6.07, 6.45) is 3.62. The third-order valence-electron chi connectivity index (χ3n) is 2.01. The highest BCUT2D eigenvalue weighted by atomic mass is 79.9. The van der Waals surface area contributed by atoms with Crippen LogP contribution in [0.25, 0.3) is 0 Å². The van der Waals surface area contributed by atoms with Crippen LogP contribution < -0.4 is 0 Å². The van der Waals surface area contributed by atoms with Crippen LogP contribution in [0.5, 0.6) is 0 Å². The van der Waals surface area contributed by atoms with E-state index in [1.54, 1.807) is 0 Å². The molecule has 11 heavy (non-hydrogen) atoms. The molecule has 0 saturated carbocycles. The van der Waals surface area contributed by atoms with E-state index in [4.69, 9.17) is 0 Å². The third-order valence-corrected chi connectivity index (χ3v) is 2.40. The van der Waals surface area contributed by atoms with Crippen molar-refractivity contribution in [3.05, 3.63) is 0 Å². The van der Waals surface area contributed by atoms with Crippen molar-refractivity contribution in [2.24, 2.45) is 0 Å². The predicted molar refractivity (Wildman–Crippen MR) is 48.8 cm³/mol. The zero-order valence-corrected chi connectivity index (χ0v) is 8.43. The lowest BCUT2D eigenvalue weighted by atomic mass is 10.1. The van der Waals surface area contributed by atoms with E-state index in [0.29, 0.717) is 0 Å². The van der Waals surface area contributed by atoms with Crippen molar-refractivity contribution in [2.75, 3.05) is 13.1 Å². The van der Waals surface area contributed by atoms with Gasteiger partial charge in [0.2, 0.25) is 5.91 Å². The van der Waals surface area contributed by atoms with Gasteiger partial charge in [-0.25, -0.2) is 0 Å². The van der Waals surface area contributed by atoms with Crippen LogP contribution in [0.3, 0.4) is 0 Å². The van der Waals surface area contributed by atoms with Crippen LogP contribution in [-0.2, 0) is 4.79 Å². The minimum atomic E-state index is -0.0133. The normalized spacial score (nSPS) is 21.5. The van der Waals surface area contributed by atoms with E-state index >= 15 is 0 Å². The number of halogens is 1. The lowest BCUT2D eigenvalue weighted by Gasteiger charge is -2.27. The Morgan fingerprint density at radius 1 is 1.36 bits per heavy atom. The molecule has 0 N–H and O–H groups in total. The second kappa shape index (κ2) is 4.10. The fraction of sp³-hybridized carbons (Fsp3) is 0.875. The Morgan fingerprint density at radius 3 is 2.36 bits per heavy atom. The van der Waals surface area contributed by atoms with Crippen LogP contribution in [0, 0.1) is 0 Å². The number of alkyl halides is 1. The smallest absolute Gasteiger partial charge is 0.236 e. The number of likely N-dealkylation sites (tertiary alicyclic amines) is 1. The van der Waals surface area contributed by atoms with E-state index in [1.165, 1.54) is 19.3 Å². The molecule has 1 saturated heterocycles. The Labute approximate surface area is 76.1 Å². The molecule has 0 unspecified atom stereocenters. The van der Waals surface area contributed by atoms with Gasteiger partial charge < -0.3 is 4.90 Å². The molecular formula is C8H14BrNO. The van der Waals surface area contributed by atoms with Gasteiger partial charge >= 0.3 is 0 Å². The summed E-state index contributed by atoms with van der Waals surface area (Å²) in [4.78, 5) is 13.3. The molecule has 1 atom stereocenters. The molecule has 0 aromatic carbocycles. The molecule has 2 nitrogen and oxygen atoms in total. The molecule has 0 aromatic rings. The summed E-state index contributed by atoms with van der Waals surface area (Å²) in [7, 11) is 0. The summed E-state index contributed by atoms with van der Waals surface area (Å²) < 4.78 is 0. The van der Waals surface area contributed by atoms with Gasteiger partial charge in [-0.05, 0) is 26.2 Å². The maximum Gasteiger partial charge on any atom is 0.236 e. The summed E-state index contributed by atoms with van der Waals surface area (Å²) in [6.45, 7) is 3.79. The van der Waals surface area contributed by atoms with Gasteiger partial charge in [-0.15, -0.1) is 0 Å². The first-order valence-electron chi connectivity index (χ1n) is 4.14. The maximum absolute atomic E-state index is 11.4. The molecule has 0 spiro atoms. The Kier molecular flexibility index (Phi) is 3.37. The van der Waals surface area contributed by atoms with E-state index in [9.17, 15) is 4.79 Å². The lowest BCUT2D eigenvalue weighted by molar-refractivity contribution is -0.131. The van der Waals surface area contributed by atoms with Crippen LogP contribution in [0.4, 0.5) is 0 Å². The number of hydrogen-bond donors (Lipinski definition) is 0. The summed E-state index contributed by atoms with van der Waals surface area (Å²) in [6, 6.07) is 0. The topological polar surface area (TPSA) is 20.3 Å². The molecule has 1 fully saturated rings. The second-order valence-corrected chi connectivity index (χ2v) is 4.38. The largest absolute Gasteiger partial charge is 0.342 e. The first-order chi connectivity index (χ1) is 5.22. The lowest BCUT2D eigenvalue weighted by Crippen LogP contribution is -2.39. The Bertz CT molecular complexity index is 141. The first-order valence-corrected chi connectivity index (χ1v) is 5.06. The van der Waals surface area contributed by atoms with Crippen molar-refractivity contribution >= 4 is 21.8 Å². The van der Waals surface area contributed by atoms with Crippen molar-refractivity contribution in [2.45, 2.75) is 31.0 Å². The Hall–Kier alpha value is -0.0500. The van der Waals surface area contributed by atoms with Gasteiger partial charge in [-0.3, -0.25) is 4.79 Å². The minimum Gasteiger partial charge on any atom is -0.342 e. The van der Waals surface area contributed by atoms with Crippen molar-refractivity contribution in [1.29, 1.82) is 0 Å². The van der Waals surface area contributed by atoms with Gasteiger partial charge in [0, 0.05) is 13.1 Å². The van der Waals surface area contributed by atoms with Crippen LogP contribution in [-0.4, -0.2) is 28.7 Å². The fourth-order valence-corrected chi connectivity index (χ4v) is 1.66. The quantitative estimate of drug-likeness (QED) is 0.617. The van der Waals surface area contributed by atoms with Crippen molar-refractivity contribution in [3.63, 3.8) is 0 Å². The highest BCUT2D eigenvalue weighted by Crippen LogP contribution is 2.12. The Morgan fingerprint density at radius 2 is 1.91 bits per heavy atom. The van der Waals surface area contributed by atoms with E-state index in [0.717, 1.165) is 13.1 Å². The number of piperidine rings is 1. The number of carbonyl (C=O) groups excluding carboxylic acids is 1. The predicted octanol–water partition coefficient (Wildman–Crippen LogP) is 1.78. The van der Waals surface area contributed by atoms with E-state index in [1.807, 2.05) is 11.8 Å². The van der Waals surface area contributed by atoms with Crippen molar-refractivity contribution in [1.82, 2.24) is 4.90 Å². The maximum atomic E-state index is 11.4. The van der Waals surface area contributed by atoms with Crippen molar-refractivity contribution < 1.29 is 4.79 Å². The van der Waals surface area contributed by atoms with Crippen LogP contribution in [0.1, 0.15) is 26.2 Å². The average Bonchev–Trinajstić information content (AvgIpc) is 2.05. The minimum absolute atomic E-state index is 0.0133. The van der Waals surface area contributed by atoms with E-state index in [-0.39, 0.29) is 10.7 Å². The van der Waals surface area contributed by atoms with Gasteiger partial charge in [0.15, 0.2) is 0 Å². The van der Waals surface area contributed by atoms with E-state index < -0.39 is 0 Å². The molecule has 0 aliphatic carbocycles. The number of amides is 1. The molecule has 0 radical (unpaired) electrons. The highest BCUT2D eigenvalue weighted by molar-refractivity contribution is 9.10. The molecule has 0 bridgehead atoms. The number of rotatable bonds is 1. The zero-order valence-electron chi connectivity index (χ0n) is 6.85. The molecule has 1 heterocycles. The third kappa shape index (κ3) is 2.47. The fourth-order valence-electron chi connectivity index (χ4n) is 1.37. The Balaban J connectivity index is 2.39. The molecule has 1 rings (SSSR count). The summed E-state index contributed by atoms with van der Waals surface area (Å²) >= 11 is 3.28. The monoisotopic (exact) mass is 219 g/mol. The SMILES string of the molecule is C[C@@H](Br)C(=O)N1CCCCC1. The summed E-state index contributed by atoms with van der Waals surface area (Å²) in [5.74, 6) is 0.240. The van der Waals surface area contributed by atoms with Crippen molar-refractivity contribution in [3.8, 4) is 0 Å². The molecule has 0 aromatic heterocycles. The average molecular weight is 220 g/mol. The van der Waals surface area contributed by atoms with Gasteiger partial charge in [0.1, 0.15) is 0 Å². The number of nitrogens with zero attached hydrogens (tertiary/aromatic N) is 1. The molecule has 1 aliphatic heterocycles. The zero-order chi connectivity index (χ0) is 8.27. The molecule has 1 amide bonds. The van der Waals surface area contributed by atoms with Gasteiger partial charge in [-0.1, -0.05) is 15.9 Å². The van der Waals surface area contributed by atoms with Gasteiger partial charge in [0.05, 0.1) is 4.83 Å². The molecule has 64 valence electrons. The molecular weight excluding hydrogens is 206 g/mol. The summed E-state index contributed by atoms with van der Waals surface area (Å²) in [5.41, 5.74) is 0. The van der Waals surface area contributed by atoms with Gasteiger partial charge in [-0.2, -0.15) is 0 Å². The first kappa shape index (κ1) is 9.04. The second-order valence-electron chi connectivity index (χ2n) is 3.00. The van der Waals surface area contributed by atoms with Crippen LogP contribution >= 0.6 is 15.9 Å². The van der Waals surface area contributed by atoms with Crippen LogP contribution in [0.2, 0.25) is 0 Å². The number of carbonyl (C=O) groups is 1. The summed E-state index contributed by atoms with van der Waals surface area (Å²) in [5, 5.41) is 0. The van der Waals surface area contributed by atoms with E-state index in [2.05, 4.69) is 15.9 Å².